The molecule has 6 nitrogen and oxygen atoms in total. The van der Waals surface area contributed by atoms with Crippen molar-refractivity contribution in [3.8, 4) is 11.1 Å². The molecule has 1 heterocycles. The molecule has 0 aliphatic carbocycles. The van der Waals surface area contributed by atoms with E-state index in [9.17, 15) is 14.4 Å². The molecule has 0 atom stereocenters. The van der Waals surface area contributed by atoms with Crippen LogP contribution in [0.4, 0.5) is 0 Å². The van der Waals surface area contributed by atoms with Gasteiger partial charge in [0.1, 0.15) is 11.4 Å². The van der Waals surface area contributed by atoms with E-state index in [1.165, 1.54) is 12.0 Å². The fourth-order valence-electron chi connectivity index (χ4n) is 3.12. The number of rotatable bonds is 6. The average Bonchev–Trinajstić information content (AvgIpc) is 3.15. The van der Waals surface area contributed by atoms with E-state index in [4.69, 9.17) is 0 Å². The highest BCUT2D eigenvalue weighted by molar-refractivity contribution is 15.0. The number of carbonyl (C=O) groups is 3. The van der Waals surface area contributed by atoms with Crippen LogP contribution in [0.25, 0.3) is 11.1 Å². The van der Waals surface area contributed by atoms with Gasteiger partial charge in [-0.05, 0) is 41.1 Å². The van der Waals surface area contributed by atoms with Gasteiger partial charge in [0.25, 0.3) is 11.8 Å². The third kappa shape index (κ3) is 5.69. The molecule has 0 aromatic heterocycles. The minimum atomic E-state index is -0.766. The van der Waals surface area contributed by atoms with Crippen molar-refractivity contribution >= 4 is 66.8 Å². The van der Waals surface area contributed by atoms with Gasteiger partial charge in [0.15, 0.2) is 0 Å². The summed E-state index contributed by atoms with van der Waals surface area (Å²) < 4.78 is 4.51. The Labute approximate surface area is 208 Å². The molecular formula is C22H20I2N2O4S. The van der Waals surface area contributed by atoms with E-state index in [0.29, 0.717) is 5.56 Å². The third-order valence-corrected chi connectivity index (χ3v) is 5.36. The first-order chi connectivity index (χ1) is 14.9. The number of ether oxygens (including phenoxy) is 1. The fourth-order valence-corrected chi connectivity index (χ4v) is 3.58. The van der Waals surface area contributed by atoms with Crippen molar-refractivity contribution in [3.05, 3.63) is 78.1 Å². The Morgan fingerprint density at radius 1 is 1.13 bits per heavy atom. The van der Waals surface area contributed by atoms with Crippen LogP contribution in [0.2, 0.25) is 0 Å². The van der Waals surface area contributed by atoms with Crippen LogP contribution in [0.15, 0.2) is 71.9 Å². The quantitative estimate of drug-likeness (QED) is 0.201. The molecule has 0 fully saturated rings. The summed E-state index contributed by atoms with van der Waals surface area (Å²) in [4.78, 5) is 39.2. The van der Waals surface area contributed by atoms with Crippen LogP contribution >= 0.6 is 49.0 Å². The molecule has 0 saturated carbocycles. The van der Waals surface area contributed by atoms with Gasteiger partial charge in [-0.3, -0.25) is 14.5 Å². The summed E-state index contributed by atoms with van der Waals surface area (Å²) in [6.07, 6.45) is 2.00. The topological polar surface area (TPSA) is 75.7 Å². The molecule has 3 rings (SSSR count). The number of benzene rings is 2. The number of methoxy groups -OCH3 is 1. The molecule has 0 saturated heterocycles. The van der Waals surface area contributed by atoms with Crippen molar-refractivity contribution in [2.24, 2.45) is 0 Å². The number of esters is 1. The summed E-state index contributed by atoms with van der Waals surface area (Å²) in [5.74, 6) is -1.77. The Bertz CT molecular complexity index is 1060. The van der Waals surface area contributed by atoms with Gasteiger partial charge < -0.3 is 10.1 Å². The van der Waals surface area contributed by atoms with Crippen molar-refractivity contribution < 1.29 is 19.1 Å². The van der Waals surface area contributed by atoms with E-state index in [1.807, 2.05) is 36.6 Å². The van der Waals surface area contributed by atoms with Gasteiger partial charge in [-0.1, -0.05) is 37.4 Å². The Balaban J connectivity index is 0.00000166. The van der Waals surface area contributed by atoms with E-state index in [0.717, 1.165) is 21.6 Å². The number of carbonyl (C=O) groups excluding carboxylic acids is 3. The zero-order valence-electron chi connectivity index (χ0n) is 16.9. The molecule has 2 amide bonds. The zero-order valence-corrected chi connectivity index (χ0v) is 22.0. The number of halogens is 2. The second kappa shape index (κ2) is 11.7. The third-order valence-electron chi connectivity index (χ3n) is 4.63. The van der Waals surface area contributed by atoms with Crippen molar-refractivity contribution in [1.29, 1.82) is 0 Å². The van der Waals surface area contributed by atoms with Crippen LogP contribution in [0.1, 0.15) is 15.9 Å². The van der Waals surface area contributed by atoms with E-state index < -0.39 is 11.9 Å². The molecule has 0 unspecified atom stereocenters. The Morgan fingerprint density at radius 3 is 2.42 bits per heavy atom. The van der Waals surface area contributed by atoms with Crippen molar-refractivity contribution in [2.75, 3.05) is 13.4 Å². The molecule has 2 aromatic rings. The molecule has 0 radical (unpaired) electrons. The summed E-state index contributed by atoms with van der Waals surface area (Å²) in [5, 5.41) is 2.31. The lowest BCUT2D eigenvalue weighted by Gasteiger charge is -2.18. The molecule has 0 spiro atoms. The molecule has 2 aromatic carbocycles. The Hall–Kier alpha value is -1.86. The van der Waals surface area contributed by atoms with Gasteiger partial charge >= 0.3 is 5.97 Å². The zero-order chi connectivity index (χ0) is 23.1. The standard InChI is InChI=1S/C22H20N2O4S.I2/c1-13(22(27)28-3)23-20(25)14(2)24-12-19-17(9-6-10-18(19)21(24)26)15-7-5-8-16(11-15)29-4;1-2/h5-11H,1-2,12H2,3-4H3,(H,23,25);. The average molecular weight is 662 g/mol. The summed E-state index contributed by atoms with van der Waals surface area (Å²) in [5.41, 5.74) is 2.99. The van der Waals surface area contributed by atoms with Crippen LogP contribution in [0.5, 0.6) is 0 Å². The highest BCUT2D eigenvalue weighted by Crippen LogP contribution is 2.35. The molecule has 1 N–H and O–H groups in total. The van der Waals surface area contributed by atoms with E-state index >= 15 is 0 Å². The largest absolute Gasteiger partial charge is 0.464 e. The minimum Gasteiger partial charge on any atom is -0.464 e. The molecule has 1 aliphatic heterocycles. The summed E-state index contributed by atoms with van der Waals surface area (Å²) in [6, 6.07) is 13.6. The molecule has 0 bridgehead atoms. The van der Waals surface area contributed by atoms with Crippen LogP contribution in [0, 0.1) is 0 Å². The first-order valence-electron chi connectivity index (χ1n) is 8.87. The van der Waals surface area contributed by atoms with Crippen molar-refractivity contribution in [3.63, 3.8) is 0 Å². The van der Waals surface area contributed by atoms with E-state index in [1.54, 1.807) is 17.8 Å². The molecular weight excluding hydrogens is 642 g/mol. The number of thioether (sulfide) groups is 1. The maximum absolute atomic E-state index is 12.9. The van der Waals surface area contributed by atoms with Gasteiger partial charge in [0.05, 0.1) is 13.7 Å². The maximum Gasteiger partial charge on any atom is 0.353 e. The predicted octanol–water partition coefficient (Wildman–Crippen LogP) is 5.12. The summed E-state index contributed by atoms with van der Waals surface area (Å²) in [6.45, 7) is 7.40. The molecule has 9 heteroatoms. The van der Waals surface area contributed by atoms with Crippen LogP contribution in [-0.2, 0) is 20.9 Å². The second-order valence-electron chi connectivity index (χ2n) is 6.33. The fraction of sp³-hybridized carbons (Fsp3) is 0.136. The molecule has 162 valence electrons. The monoisotopic (exact) mass is 662 g/mol. The van der Waals surface area contributed by atoms with Gasteiger partial charge in [-0.25, -0.2) is 4.79 Å². The van der Waals surface area contributed by atoms with Gasteiger partial charge in [-0.15, -0.1) is 11.8 Å². The predicted molar refractivity (Wildman–Crippen MR) is 140 cm³/mol. The second-order valence-corrected chi connectivity index (χ2v) is 7.21. The first kappa shape index (κ1) is 25.4. The van der Waals surface area contributed by atoms with E-state index in [-0.39, 0.29) is 23.8 Å². The SMILES string of the molecule is C=C(NC(=O)C(=C)N1Cc2c(cccc2-c2cccc(SC)c2)C1=O)C(=O)OC.II. The lowest BCUT2D eigenvalue weighted by molar-refractivity contribution is -0.137. The number of nitrogens with zero attached hydrogens (tertiary/aromatic N) is 1. The summed E-state index contributed by atoms with van der Waals surface area (Å²) >= 11 is 5.88. The Morgan fingerprint density at radius 2 is 1.77 bits per heavy atom. The van der Waals surface area contributed by atoms with Crippen molar-refractivity contribution in [2.45, 2.75) is 11.4 Å². The number of fused-ring (bicyclic) bond motifs is 1. The highest BCUT2D eigenvalue weighted by Gasteiger charge is 2.33. The number of hydrogen-bond donors (Lipinski definition) is 1. The van der Waals surface area contributed by atoms with E-state index in [2.05, 4.69) is 66.5 Å². The lowest BCUT2D eigenvalue weighted by Crippen LogP contribution is -2.36. The molecule has 31 heavy (non-hydrogen) atoms. The smallest absolute Gasteiger partial charge is 0.353 e. The highest BCUT2D eigenvalue weighted by atomic mass is 128. The van der Waals surface area contributed by atoms with Crippen LogP contribution in [0.3, 0.4) is 0 Å². The van der Waals surface area contributed by atoms with Gasteiger partial charge in [-0.2, -0.15) is 0 Å². The number of hydrogen-bond acceptors (Lipinski definition) is 5. The molecule has 1 aliphatic rings. The van der Waals surface area contributed by atoms with Crippen LogP contribution in [-0.4, -0.2) is 36.0 Å². The van der Waals surface area contributed by atoms with Gasteiger partial charge in [0, 0.05) is 47.7 Å². The number of nitrogens with one attached hydrogen (secondary N) is 1. The first-order valence-corrected chi connectivity index (χ1v) is 16.4. The number of amides is 2. The van der Waals surface area contributed by atoms with Crippen LogP contribution < -0.4 is 5.32 Å². The minimum absolute atomic E-state index is 0.0694. The van der Waals surface area contributed by atoms with Gasteiger partial charge in [0.2, 0.25) is 0 Å². The lowest BCUT2D eigenvalue weighted by atomic mass is 9.97. The van der Waals surface area contributed by atoms with Crippen molar-refractivity contribution in [1.82, 2.24) is 10.2 Å². The maximum atomic E-state index is 12.9. The Kier molecular flexibility index (Phi) is 9.56. The normalized spacial score (nSPS) is 11.7. The summed E-state index contributed by atoms with van der Waals surface area (Å²) in [7, 11) is 1.18.